The Morgan fingerprint density at radius 2 is 1.73 bits per heavy atom. The molecule has 1 heterocycles. The molecule has 1 aliphatic rings. The molecule has 5 N–H and O–H groups in total. The molecule has 2 aromatic rings. The van der Waals surface area contributed by atoms with Gasteiger partial charge in [0.2, 0.25) is 0 Å². The lowest BCUT2D eigenvalue weighted by Gasteiger charge is -2.31. The van der Waals surface area contributed by atoms with Crippen LogP contribution in [-0.2, 0) is 6.42 Å². The summed E-state index contributed by atoms with van der Waals surface area (Å²) in [5, 5.41) is 48.9. The van der Waals surface area contributed by atoms with Crippen molar-refractivity contribution in [1.82, 2.24) is 0 Å². The van der Waals surface area contributed by atoms with Gasteiger partial charge in [0.05, 0.1) is 6.10 Å². The average Bonchev–Trinajstić information content (AvgIpc) is 2.44. The third-order valence-corrected chi connectivity index (χ3v) is 3.82. The van der Waals surface area contributed by atoms with Crippen LogP contribution in [0.2, 0.25) is 0 Å². The van der Waals surface area contributed by atoms with Crippen molar-refractivity contribution in [2.45, 2.75) is 25.6 Å². The van der Waals surface area contributed by atoms with Crippen molar-refractivity contribution in [1.29, 1.82) is 0 Å². The first-order chi connectivity index (χ1) is 10.4. The number of fused-ring (bicyclic) bond motifs is 1. The van der Waals surface area contributed by atoms with E-state index in [1.165, 1.54) is 18.2 Å². The van der Waals surface area contributed by atoms with Crippen molar-refractivity contribution < 1.29 is 30.3 Å². The topological polar surface area (TPSA) is 110 Å². The predicted molar refractivity (Wildman–Crippen MR) is 77.4 cm³/mol. The van der Waals surface area contributed by atoms with E-state index in [-0.39, 0.29) is 35.2 Å². The van der Waals surface area contributed by atoms with Gasteiger partial charge in [0.15, 0.2) is 11.5 Å². The summed E-state index contributed by atoms with van der Waals surface area (Å²) in [5.41, 5.74) is 1.37. The van der Waals surface area contributed by atoms with Gasteiger partial charge in [-0.1, -0.05) is 0 Å². The molecular weight excluding hydrogens is 288 g/mol. The van der Waals surface area contributed by atoms with Crippen LogP contribution in [0.15, 0.2) is 24.3 Å². The Labute approximate surface area is 126 Å². The number of hydrogen-bond donors (Lipinski definition) is 5. The number of hydrogen-bond acceptors (Lipinski definition) is 6. The third-order valence-electron chi connectivity index (χ3n) is 3.82. The maximum Gasteiger partial charge on any atom is 0.160 e. The van der Waals surface area contributed by atoms with Gasteiger partial charge < -0.3 is 30.3 Å². The fraction of sp³-hybridized carbons (Fsp3) is 0.250. The van der Waals surface area contributed by atoms with Gasteiger partial charge >= 0.3 is 0 Å². The molecule has 0 unspecified atom stereocenters. The van der Waals surface area contributed by atoms with E-state index < -0.39 is 12.2 Å². The zero-order chi connectivity index (χ0) is 16.0. The zero-order valence-electron chi connectivity index (χ0n) is 11.8. The lowest BCUT2D eigenvalue weighted by atomic mass is 9.93. The van der Waals surface area contributed by atoms with Gasteiger partial charge in [0.1, 0.15) is 23.4 Å². The van der Waals surface area contributed by atoms with E-state index in [1.807, 2.05) is 0 Å². The molecule has 0 saturated carbocycles. The molecule has 0 amide bonds. The van der Waals surface area contributed by atoms with E-state index in [9.17, 15) is 25.5 Å². The van der Waals surface area contributed by atoms with Gasteiger partial charge in [-0.05, 0) is 30.2 Å². The summed E-state index contributed by atoms with van der Waals surface area (Å²) in [5.74, 6) is -0.522. The fourth-order valence-electron chi connectivity index (χ4n) is 2.70. The molecule has 0 saturated heterocycles. The summed E-state index contributed by atoms with van der Waals surface area (Å²) in [7, 11) is 0. The molecule has 0 fully saturated rings. The Balaban J connectivity index is 2.03. The predicted octanol–water partition coefficient (Wildman–Crippen LogP) is 1.85. The highest BCUT2D eigenvalue weighted by molar-refractivity contribution is 5.52. The van der Waals surface area contributed by atoms with Crippen molar-refractivity contribution in [2.24, 2.45) is 0 Å². The van der Waals surface area contributed by atoms with Crippen LogP contribution in [-0.4, -0.2) is 31.6 Å². The number of aliphatic hydroxyl groups is 1. The Morgan fingerprint density at radius 1 is 1.00 bits per heavy atom. The van der Waals surface area contributed by atoms with Crippen LogP contribution in [0.3, 0.4) is 0 Å². The van der Waals surface area contributed by atoms with Gasteiger partial charge in [0.25, 0.3) is 0 Å². The minimum Gasteiger partial charge on any atom is -0.508 e. The summed E-state index contributed by atoms with van der Waals surface area (Å²) < 4.78 is 5.68. The molecule has 6 heteroatoms. The monoisotopic (exact) mass is 304 g/mol. The second kappa shape index (κ2) is 4.99. The summed E-state index contributed by atoms with van der Waals surface area (Å²) in [4.78, 5) is 0. The molecule has 3 rings (SSSR count). The highest BCUT2D eigenvalue weighted by Gasteiger charge is 2.32. The molecule has 6 nitrogen and oxygen atoms in total. The van der Waals surface area contributed by atoms with Crippen LogP contribution in [0.25, 0.3) is 0 Å². The number of aromatic hydroxyl groups is 4. The van der Waals surface area contributed by atoms with Crippen LogP contribution in [0.1, 0.15) is 22.8 Å². The van der Waals surface area contributed by atoms with Crippen molar-refractivity contribution in [3.8, 4) is 28.7 Å². The molecule has 1 aliphatic heterocycles. The van der Waals surface area contributed by atoms with E-state index in [4.69, 9.17) is 4.74 Å². The van der Waals surface area contributed by atoms with E-state index in [0.717, 1.165) is 0 Å². The quantitative estimate of drug-likeness (QED) is 0.514. The van der Waals surface area contributed by atoms with E-state index >= 15 is 0 Å². The summed E-state index contributed by atoms with van der Waals surface area (Å²) in [6, 6.07) is 5.48. The van der Waals surface area contributed by atoms with Crippen LogP contribution < -0.4 is 4.74 Å². The summed E-state index contributed by atoms with van der Waals surface area (Å²) in [6.07, 6.45) is -1.57. The average molecular weight is 304 g/mol. The Bertz CT molecular complexity index is 717. The number of phenolic OH excluding ortho intramolecular Hbond substituents is 4. The van der Waals surface area contributed by atoms with Crippen LogP contribution in [0.4, 0.5) is 0 Å². The second-order valence-corrected chi connectivity index (χ2v) is 5.46. The molecule has 0 aliphatic carbocycles. The molecule has 0 spiro atoms. The number of benzene rings is 2. The molecule has 0 bridgehead atoms. The minimum atomic E-state index is -0.939. The van der Waals surface area contributed by atoms with E-state index in [1.54, 1.807) is 13.0 Å². The molecule has 0 radical (unpaired) electrons. The standard InChI is InChI=1S/C16H16O6/c1-7-2-8(3-12(19)15(7)21)16-13(20)6-10-11(18)4-9(17)5-14(10)22-16/h2-5,13,16-21H,6H2,1H3/t13-,16+/m1/s1. The summed E-state index contributed by atoms with van der Waals surface area (Å²) >= 11 is 0. The molecule has 116 valence electrons. The third kappa shape index (κ3) is 2.27. The number of aliphatic hydroxyl groups excluding tert-OH is 1. The first kappa shape index (κ1) is 14.3. The Hall–Kier alpha value is -2.60. The van der Waals surface area contributed by atoms with Crippen LogP contribution in [0, 0.1) is 6.92 Å². The molecule has 2 atom stereocenters. The maximum absolute atomic E-state index is 10.3. The Morgan fingerprint density at radius 3 is 2.41 bits per heavy atom. The van der Waals surface area contributed by atoms with Crippen molar-refractivity contribution >= 4 is 0 Å². The van der Waals surface area contributed by atoms with Crippen LogP contribution in [0.5, 0.6) is 28.7 Å². The van der Waals surface area contributed by atoms with Gasteiger partial charge in [-0.2, -0.15) is 0 Å². The Kier molecular flexibility index (Phi) is 3.26. The lowest BCUT2D eigenvalue weighted by molar-refractivity contribution is 0.0196. The molecule has 22 heavy (non-hydrogen) atoms. The maximum atomic E-state index is 10.3. The normalized spacial score (nSPS) is 20.3. The van der Waals surface area contributed by atoms with Crippen LogP contribution >= 0.6 is 0 Å². The van der Waals surface area contributed by atoms with E-state index in [0.29, 0.717) is 16.7 Å². The van der Waals surface area contributed by atoms with Gasteiger partial charge in [-0.15, -0.1) is 0 Å². The molecule has 2 aromatic carbocycles. The lowest BCUT2D eigenvalue weighted by Crippen LogP contribution is -2.30. The smallest absolute Gasteiger partial charge is 0.160 e. The van der Waals surface area contributed by atoms with Gasteiger partial charge in [-0.3, -0.25) is 0 Å². The summed E-state index contributed by atoms with van der Waals surface area (Å²) in [6.45, 7) is 1.62. The van der Waals surface area contributed by atoms with E-state index in [2.05, 4.69) is 0 Å². The first-order valence-electron chi connectivity index (χ1n) is 6.79. The number of phenols is 4. The molecule has 0 aromatic heterocycles. The van der Waals surface area contributed by atoms with Crippen molar-refractivity contribution in [3.05, 3.63) is 41.0 Å². The number of rotatable bonds is 1. The largest absolute Gasteiger partial charge is 0.508 e. The minimum absolute atomic E-state index is 0.141. The highest BCUT2D eigenvalue weighted by atomic mass is 16.5. The fourth-order valence-corrected chi connectivity index (χ4v) is 2.70. The first-order valence-corrected chi connectivity index (χ1v) is 6.79. The van der Waals surface area contributed by atoms with Gasteiger partial charge in [0, 0.05) is 24.1 Å². The number of ether oxygens (including phenoxy) is 1. The SMILES string of the molecule is Cc1cc([C@@H]2Oc3cc(O)cc(O)c3C[C@H]2O)cc(O)c1O. The highest BCUT2D eigenvalue weighted by Crippen LogP contribution is 2.43. The second-order valence-electron chi connectivity index (χ2n) is 5.46. The zero-order valence-corrected chi connectivity index (χ0v) is 11.8. The van der Waals surface area contributed by atoms with Crippen molar-refractivity contribution in [2.75, 3.05) is 0 Å². The molecular formula is C16H16O6. The van der Waals surface area contributed by atoms with Gasteiger partial charge in [-0.25, -0.2) is 0 Å². The van der Waals surface area contributed by atoms with Crippen molar-refractivity contribution in [3.63, 3.8) is 0 Å². The number of aryl methyl sites for hydroxylation is 1.